The Kier molecular flexibility index (Phi) is 5.31. The van der Waals surface area contributed by atoms with Crippen molar-refractivity contribution >= 4 is 10.9 Å². The molecule has 0 aliphatic carbocycles. The van der Waals surface area contributed by atoms with Crippen molar-refractivity contribution in [2.45, 2.75) is 19.4 Å². The summed E-state index contributed by atoms with van der Waals surface area (Å²) < 4.78 is 6.77. The summed E-state index contributed by atoms with van der Waals surface area (Å²) >= 11 is 0. The molecule has 1 aliphatic rings. The number of hydrogen-bond acceptors (Lipinski definition) is 5. The van der Waals surface area contributed by atoms with Crippen LogP contribution in [0.4, 0.5) is 0 Å². The van der Waals surface area contributed by atoms with Gasteiger partial charge in [0.15, 0.2) is 0 Å². The first-order valence-corrected chi connectivity index (χ1v) is 8.50. The number of methoxy groups -OCH3 is 1. The second-order valence-corrected chi connectivity index (χ2v) is 6.53. The molecule has 132 valence electrons. The van der Waals surface area contributed by atoms with Crippen molar-refractivity contribution in [1.82, 2.24) is 14.5 Å². The molecule has 1 aliphatic heterocycles. The number of ether oxygens (including phenoxy) is 1. The zero-order valence-electron chi connectivity index (χ0n) is 14.3. The van der Waals surface area contributed by atoms with Gasteiger partial charge in [0, 0.05) is 39.5 Å². The van der Waals surface area contributed by atoms with Crippen molar-refractivity contribution in [3.05, 3.63) is 44.6 Å². The predicted octanol–water partition coefficient (Wildman–Crippen LogP) is 0.920. The van der Waals surface area contributed by atoms with Gasteiger partial charge in [-0.2, -0.15) is 5.26 Å². The molecule has 3 rings (SSSR count). The normalized spacial score (nSPS) is 17.8. The first-order chi connectivity index (χ1) is 12.1. The lowest BCUT2D eigenvalue weighted by Crippen LogP contribution is -2.27. The standard InChI is InChI=1S/C18H22N4O3/c1-25-8-2-5-21-6-3-13(11-21)12-22-7-4-16-15(18(22)24)9-14(10-19)17(23)20-16/h4,7,9,13H,2-3,5-6,8,11-12H2,1H3,(H,20,23)/t13-/m0/s1. The molecule has 25 heavy (non-hydrogen) atoms. The van der Waals surface area contributed by atoms with Gasteiger partial charge in [0.05, 0.1) is 10.9 Å². The highest BCUT2D eigenvalue weighted by molar-refractivity contribution is 5.78. The largest absolute Gasteiger partial charge is 0.385 e. The fourth-order valence-corrected chi connectivity index (χ4v) is 3.44. The lowest BCUT2D eigenvalue weighted by molar-refractivity contribution is 0.178. The van der Waals surface area contributed by atoms with Crippen LogP contribution in [0, 0.1) is 17.2 Å². The Morgan fingerprint density at radius 1 is 1.44 bits per heavy atom. The maximum absolute atomic E-state index is 12.7. The third-order valence-corrected chi connectivity index (χ3v) is 4.75. The Hall–Kier alpha value is -2.43. The van der Waals surface area contributed by atoms with Gasteiger partial charge in [-0.15, -0.1) is 0 Å². The third-order valence-electron chi connectivity index (χ3n) is 4.75. The number of rotatable bonds is 6. The Bertz CT molecular complexity index is 909. The summed E-state index contributed by atoms with van der Waals surface area (Å²) in [6.07, 6.45) is 3.80. The van der Waals surface area contributed by atoms with Gasteiger partial charge >= 0.3 is 0 Å². The minimum atomic E-state index is -0.463. The molecule has 1 fully saturated rings. The highest BCUT2D eigenvalue weighted by Gasteiger charge is 2.22. The maximum Gasteiger partial charge on any atom is 0.266 e. The monoisotopic (exact) mass is 342 g/mol. The van der Waals surface area contributed by atoms with Gasteiger partial charge in [-0.3, -0.25) is 9.59 Å². The van der Waals surface area contributed by atoms with E-state index in [-0.39, 0.29) is 11.1 Å². The predicted molar refractivity (Wildman–Crippen MR) is 94.6 cm³/mol. The number of fused-ring (bicyclic) bond motifs is 1. The Labute approximate surface area is 145 Å². The van der Waals surface area contributed by atoms with Crippen LogP contribution in [0.1, 0.15) is 18.4 Å². The number of aromatic nitrogens is 2. The fourth-order valence-electron chi connectivity index (χ4n) is 3.44. The summed E-state index contributed by atoms with van der Waals surface area (Å²) in [5.41, 5.74) is -0.192. The van der Waals surface area contributed by atoms with Crippen molar-refractivity contribution in [2.24, 2.45) is 5.92 Å². The average Bonchev–Trinajstić information content (AvgIpc) is 3.05. The molecule has 1 saturated heterocycles. The summed E-state index contributed by atoms with van der Waals surface area (Å²) in [7, 11) is 1.71. The molecular formula is C18H22N4O3. The average molecular weight is 342 g/mol. The van der Waals surface area contributed by atoms with Crippen LogP contribution < -0.4 is 11.1 Å². The molecule has 0 aromatic carbocycles. The fraction of sp³-hybridized carbons (Fsp3) is 0.500. The summed E-state index contributed by atoms with van der Waals surface area (Å²) in [6.45, 7) is 4.46. The smallest absolute Gasteiger partial charge is 0.266 e. The van der Waals surface area contributed by atoms with Crippen molar-refractivity contribution in [3.63, 3.8) is 0 Å². The minimum Gasteiger partial charge on any atom is -0.385 e. The minimum absolute atomic E-state index is 0.0347. The van der Waals surface area contributed by atoms with E-state index in [9.17, 15) is 9.59 Å². The Morgan fingerprint density at radius 2 is 2.28 bits per heavy atom. The van der Waals surface area contributed by atoms with Crippen LogP contribution in [-0.4, -0.2) is 47.8 Å². The molecule has 3 heterocycles. The lowest BCUT2D eigenvalue weighted by Gasteiger charge is -2.16. The molecule has 0 saturated carbocycles. The van der Waals surface area contributed by atoms with Gasteiger partial charge in [0.2, 0.25) is 0 Å². The molecule has 0 bridgehead atoms. The third kappa shape index (κ3) is 3.81. The van der Waals surface area contributed by atoms with Gasteiger partial charge in [0.25, 0.3) is 11.1 Å². The van der Waals surface area contributed by atoms with Crippen LogP contribution in [0.15, 0.2) is 27.9 Å². The molecular weight excluding hydrogens is 320 g/mol. The topological polar surface area (TPSA) is 91.1 Å². The summed E-state index contributed by atoms with van der Waals surface area (Å²) in [4.78, 5) is 29.4. The van der Waals surface area contributed by atoms with E-state index in [1.165, 1.54) is 6.07 Å². The van der Waals surface area contributed by atoms with Gasteiger partial charge < -0.3 is 19.2 Å². The number of H-pyrrole nitrogens is 1. The summed E-state index contributed by atoms with van der Waals surface area (Å²) in [6, 6.07) is 4.94. The molecule has 7 heteroatoms. The quantitative estimate of drug-likeness (QED) is 0.788. The van der Waals surface area contributed by atoms with E-state index in [4.69, 9.17) is 10.00 Å². The van der Waals surface area contributed by atoms with Crippen LogP contribution in [0.5, 0.6) is 0 Å². The molecule has 2 aromatic rings. The second-order valence-electron chi connectivity index (χ2n) is 6.53. The SMILES string of the molecule is COCCCN1CC[C@H](Cn2ccc3[nH]c(=O)c(C#N)cc3c2=O)C1. The number of likely N-dealkylation sites (tertiary alicyclic amines) is 1. The van der Waals surface area contributed by atoms with Crippen molar-refractivity contribution in [2.75, 3.05) is 33.4 Å². The molecule has 0 radical (unpaired) electrons. The maximum atomic E-state index is 12.7. The van der Waals surface area contributed by atoms with Crippen LogP contribution >= 0.6 is 0 Å². The number of hydrogen-bond donors (Lipinski definition) is 1. The van der Waals surface area contributed by atoms with Crippen LogP contribution in [-0.2, 0) is 11.3 Å². The number of aromatic amines is 1. The van der Waals surface area contributed by atoms with E-state index in [0.29, 0.717) is 23.4 Å². The molecule has 2 aromatic heterocycles. The van der Waals surface area contributed by atoms with Crippen molar-refractivity contribution in [3.8, 4) is 6.07 Å². The van der Waals surface area contributed by atoms with E-state index < -0.39 is 5.56 Å². The van der Waals surface area contributed by atoms with E-state index in [1.807, 2.05) is 6.07 Å². The summed E-state index contributed by atoms with van der Waals surface area (Å²) in [5, 5.41) is 9.38. The number of nitriles is 1. The molecule has 0 amide bonds. The van der Waals surface area contributed by atoms with Crippen LogP contribution in [0.25, 0.3) is 10.9 Å². The molecule has 1 N–H and O–H groups in total. The van der Waals surface area contributed by atoms with E-state index >= 15 is 0 Å². The Balaban J connectivity index is 1.76. The first kappa shape index (κ1) is 17.4. The van der Waals surface area contributed by atoms with Gasteiger partial charge in [-0.25, -0.2) is 0 Å². The number of nitrogens with zero attached hydrogens (tertiary/aromatic N) is 3. The van der Waals surface area contributed by atoms with Crippen LogP contribution in [0.3, 0.4) is 0 Å². The summed E-state index contributed by atoms with van der Waals surface area (Å²) in [5.74, 6) is 0.427. The van der Waals surface area contributed by atoms with Crippen LogP contribution in [0.2, 0.25) is 0 Å². The van der Waals surface area contributed by atoms with E-state index in [1.54, 1.807) is 23.9 Å². The second kappa shape index (κ2) is 7.64. The van der Waals surface area contributed by atoms with Gasteiger partial charge in [0.1, 0.15) is 11.6 Å². The molecule has 0 spiro atoms. The van der Waals surface area contributed by atoms with Crippen molar-refractivity contribution in [1.29, 1.82) is 5.26 Å². The lowest BCUT2D eigenvalue weighted by atomic mass is 10.1. The zero-order chi connectivity index (χ0) is 17.8. The number of nitrogens with one attached hydrogen (secondary N) is 1. The van der Waals surface area contributed by atoms with E-state index in [0.717, 1.165) is 39.1 Å². The van der Waals surface area contributed by atoms with Gasteiger partial charge in [-0.05, 0) is 37.4 Å². The first-order valence-electron chi connectivity index (χ1n) is 8.50. The van der Waals surface area contributed by atoms with Crippen molar-refractivity contribution < 1.29 is 4.74 Å². The molecule has 1 atom stereocenters. The zero-order valence-corrected chi connectivity index (χ0v) is 14.3. The molecule has 7 nitrogen and oxygen atoms in total. The highest BCUT2D eigenvalue weighted by Crippen LogP contribution is 2.18. The highest BCUT2D eigenvalue weighted by atomic mass is 16.5. The Morgan fingerprint density at radius 3 is 3.04 bits per heavy atom. The van der Waals surface area contributed by atoms with E-state index in [2.05, 4.69) is 9.88 Å². The number of pyridine rings is 2. The van der Waals surface area contributed by atoms with Gasteiger partial charge in [-0.1, -0.05) is 0 Å². The molecule has 0 unspecified atom stereocenters.